The van der Waals surface area contributed by atoms with Crippen LogP contribution in [0.5, 0.6) is 0 Å². The minimum Gasteiger partial charge on any atom is -0.462 e. The molecule has 0 fully saturated rings. The van der Waals surface area contributed by atoms with E-state index in [9.17, 15) is 14.0 Å². The molecule has 0 bridgehead atoms. The van der Waals surface area contributed by atoms with E-state index in [-0.39, 0.29) is 12.2 Å². The summed E-state index contributed by atoms with van der Waals surface area (Å²) < 4.78 is 20.5. The Morgan fingerprint density at radius 1 is 1.21 bits per heavy atom. The molecule has 1 heterocycles. The Kier molecular flexibility index (Phi) is 5.89. The molecule has 0 aliphatic rings. The lowest BCUT2D eigenvalue weighted by Crippen LogP contribution is -2.13. The van der Waals surface area contributed by atoms with Gasteiger partial charge in [-0.3, -0.25) is 4.79 Å². The van der Waals surface area contributed by atoms with Crippen molar-refractivity contribution in [2.75, 3.05) is 11.9 Å². The standard InChI is InChI=1S/C20H17BrFN3O3/c1-3-28-20(27)17-11-23-25(12(17)2)15-6-4-5-14(10-15)24-19(26)16-9-13(22)7-8-18(16)21/h4-11H,3H2,1-2H3,(H,24,26). The van der Waals surface area contributed by atoms with Crippen molar-refractivity contribution < 1.29 is 18.7 Å². The summed E-state index contributed by atoms with van der Waals surface area (Å²) >= 11 is 3.25. The molecule has 0 aliphatic carbocycles. The molecule has 144 valence electrons. The lowest BCUT2D eigenvalue weighted by molar-refractivity contribution is 0.0525. The zero-order valence-corrected chi connectivity index (χ0v) is 16.8. The predicted octanol–water partition coefficient (Wildman–Crippen LogP) is 4.51. The Morgan fingerprint density at radius 2 is 2.00 bits per heavy atom. The Balaban J connectivity index is 1.86. The summed E-state index contributed by atoms with van der Waals surface area (Å²) in [6.45, 7) is 3.77. The molecule has 1 aromatic heterocycles. The number of nitrogens with zero attached hydrogens (tertiary/aromatic N) is 2. The third-order valence-electron chi connectivity index (χ3n) is 4.03. The molecule has 8 heteroatoms. The summed E-state index contributed by atoms with van der Waals surface area (Å²) in [5.41, 5.74) is 2.34. The van der Waals surface area contributed by atoms with Crippen molar-refractivity contribution in [3.63, 3.8) is 0 Å². The fourth-order valence-electron chi connectivity index (χ4n) is 2.66. The second-order valence-electron chi connectivity index (χ2n) is 5.90. The Labute approximate surface area is 169 Å². The van der Waals surface area contributed by atoms with Gasteiger partial charge in [0.25, 0.3) is 5.91 Å². The largest absolute Gasteiger partial charge is 0.462 e. The molecular weight excluding hydrogens is 429 g/mol. The van der Waals surface area contributed by atoms with Gasteiger partial charge in [0.05, 0.1) is 29.7 Å². The van der Waals surface area contributed by atoms with E-state index in [4.69, 9.17) is 4.74 Å². The Hall–Kier alpha value is -3.00. The molecule has 0 radical (unpaired) electrons. The molecule has 0 saturated heterocycles. The summed E-state index contributed by atoms with van der Waals surface area (Å²) in [7, 11) is 0. The van der Waals surface area contributed by atoms with Crippen LogP contribution in [0.1, 0.15) is 33.3 Å². The zero-order chi connectivity index (χ0) is 20.3. The number of carbonyl (C=O) groups is 2. The highest BCUT2D eigenvalue weighted by molar-refractivity contribution is 9.10. The number of rotatable bonds is 5. The normalized spacial score (nSPS) is 10.6. The number of halogens is 2. The van der Waals surface area contributed by atoms with Crippen molar-refractivity contribution in [2.45, 2.75) is 13.8 Å². The number of nitrogens with one attached hydrogen (secondary N) is 1. The maximum absolute atomic E-state index is 13.4. The topological polar surface area (TPSA) is 73.2 Å². The maximum atomic E-state index is 13.4. The minimum absolute atomic E-state index is 0.185. The van der Waals surface area contributed by atoms with Crippen LogP contribution in [-0.4, -0.2) is 28.3 Å². The quantitative estimate of drug-likeness (QED) is 0.586. The monoisotopic (exact) mass is 445 g/mol. The third-order valence-corrected chi connectivity index (χ3v) is 4.72. The number of benzene rings is 2. The van der Waals surface area contributed by atoms with Gasteiger partial charge in [0.1, 0.15) is 11.4 Å². The van der Waals surface area contributed by atoms with Crippen LogP contribution >= 0.6 is 15.9 Å². The van der Waals surface area contributed by atoms with Gasteiger partial charge in [-0.05, 0) is 66.2 Å². The smallest absolute Gasteiger partial charge is 0.341 e. The fourth-order valence-corrected chi connectivity index (χ4v) is 3.09. The van der Waals surface area contributed by atoms with Gasteiger partial charge in [-0.1, -0.05) is 6.07 Å². The van der Waals surface area contributed by atoms with Crippen LogP contribution in [0.25, 0.3) is 5.69 Å². The van der Waals surface area contributed by atoms with Gasteiger partial charge in [0.2, 0.25) is 0 Å². The second-order valence-corrected chi connectivity index (χ2v) is 6.76. The third kappa shape index (κ3) is 4.12. The van der Waals surface area contributed by atoms with Gasteiger partial charge in [-0.2, -0.15) is 5.10 Å². The highest BCUT2D eigenvalue weighted by Crippen LogP contribution is 2.22. The van der Waals surface area contributed by atoms with E-state index in [1.807, 2.05) is 0 Å². The first-order valence-corrected chi connectivity index (χ1v) is 9.28. The lowest BCUT2D eigenvalue weighted by atomic mass is 10.2. The van der Waals surface area contributed by atoms with Crippen molar-refractivity contribution in [2.24, 2.45) is 0 Å². The number of anilines is 1. The second kappa shape index (κ2) is 8.35. The average molecular weight is 446 g/mol. The number of hydrogen-bond acceptors (Lipinski definition) is 4. The highest BCUT2D eigenvalue weighted by atomic mass is 79.9. The van der Waals surface area contributed by atoms with Crippen molar-refractivity contribution >= 4 is 33.5 Å². The van der Waals surface area contributed by atoms with Crippen LogP contribution in [0.4, 0.5) is 10.1 Å². The van der Waals surface area contributed by atoms with Crippen LogP contribution in [0, 0.1) is 12.7 Å². The van der Waals surface area contributed by atoms with E-state index in [0.717, 1.165) is 6.07 Å². The minimum atomic E-state index is -0.499. The summed E-state index contributed by atoms with van der Waals surface area (Å²) in [5.74, 6) is -1.39. The maximum Gasteiger partial charge on any atom is 0.341 e. The number of hydrogen-bond donors (Lipinski definition) is 1. The first-order chi connectivity index (χ1) is 13.4. The van der Waals surface area contributed by atoms with E-state index >= 15 is 0 Å². The van der Waals surface area contributed by atoms with E-state index < -0.39 is 17.7 Å². The number of esters is 1. The molecule has 0 unspecified atom stereocenters. The van der Waals surface area contributed by atoms with Crippen molar-refractivity contribution in [1.82, 2.24) is 9.78 Å². The van der Waals surface area contributed by atoms with E-state index in [1.54, 1.807) is 42.8 Å². The van der Waals surface area contributed by atoms with Crippen molar-refractivity contribution in [3.8, 4) is 5.69 Å². The molecular formula is C20H17BrFN3O3. The van der Waals surface area contributed by atoms with Crippen LogP contribution in [-0.2, 0) is 4.74 Å². The molecule has 3 aromatic rings. The van der Waals surface area contributed by atoms with Gasteiger partial charge in [-0.15, -0.1) is 0 Å². The molecule has 28 heavy (non-hydrogen) atoms. The van der Waals surface area contributed by atoms with Crippen LogP contribution in [0.3, 0.4) is 0 Å². The highest BCUT2D eigenvalue weighted by Gasteiger charge is 2.17. The molecule has 1 N–H and O–H groups in total. The van der Waals surface area contributed by atoms with Gasteiger partial charge in [0, 0.05) is 10.2 Å². The van der Waals surface area contributed by atoms with Gasteiger partial charge in [0.15, 0.2) is 0 Å². The molecule has 0 saturated carbocycles. The zero-order valence-electron chi connectivity index (χ0n) is 15.2. The van der Waals surface area contributed by atoms with Crippen molar-refractivity contribution in [1.29, 1.82) is 0 Å². The van der Waals surface area contributed by atoms with Crippen LogP contribution < -0.4 is 5.32 Å². The van der Waals surface area contributed by atoms with Crippen LogP contribution in [0.15, 0.2) is 53.1 Å². The molecule has 1 amide bonds. The number of carbonyl (C=O) groups excluding carboxylic acids is 2. The van der Waals surface area contributed by atoms with Gasteiger partial charge < -0.3 is 10.1 Å². The molecule has 3 rings (SSSR count). The first kappa shape index (κ1) is 19.8. The summed E-state index contributed by atoms with van der Waals surface area (Å²) in [6.07, 6.45) is 1.45. The average Bonchev–Trinajstić information content (AvgIpc) is 3.05. The molecule has 6 nitrogen and oxygen atoms in total. The summed E-state index contributed by atoms with van der Waals surface area (Å²) in [4.78, 5) is 24.4. The summed E-state index contributed by atoms with van der Waals surface area (Å²) in [6, 6.07) is 10.9. The van der Waals surface area contributed by atoms with E-state index in [0.29, 0.717) is 27.1 Å². The Morgan fingerprint density at radius 3 is 2.75 bits per heavy atom. The molecule has 0 aliphatic heterocycles. The van der Waals surface area contributed by atoms with Gasteiger partial charge in [-0.25, -0.2) is 13.9 Å². The lowest BCUT2D eigenvalue weighted by Gasteiger charge is -2.10. The first-order valence-electron chi connectivity index (χ1n) is 8.49. The molecule has 2 aromatic carbocycles. The van der Waals surface area contributed by atoms with E-state index in [1.165, 1.54) is 18.3 Å². The summed E-state index contributed by atoms with van der Waals surface area (Å²) in [5, 5.41) is 6.98. The fraction of sp³-hybridized carbons (Fsp3) is 0.150. The molecule has 0 atom stereocenters. The van der Waals surface area contributed by atoms with Crippen molar-refractivity contribution in [3.05, 3.63) is 75.8 Å². The molecule has 0 spiro atoms. The number of amides is 1. The number of aromatic nitrogens is 2. The van der Waals surface area contributed by atoms with Crippen LogP contribution in [0.2, 0.25) is 0 Å². The van der Waals surface area contributed by atoms with E-state index in [2.05, 4.69) is 26.3 Å². The van der Waals surface area contributed by atoms with Gasteiger partial charge >= 0.3 is 5.97 Å². The number of ether oxygens (including phenoxy) is 1. The Bertz CT molecular complexity index is 1050. The predicted molar refractivity (Wildman–Crippen MR) is 106 cm³/mol. The SMILES string of the molecule is CCOC(=O)c1cnn(-c2cccc(NC(=O)c3cc(F)ccc3Br)c2)c1C.